The van der Waals surface area contributed by atoms with Crippen molar-refractivity contribution < 1.29 is 18.1 Å². The fourth-order valence-corrected chi connectivity index (χ4v) is 2.29. The second-order valence-electron chi connectivity index (χ2n) is 3.64. The molecule has 19 heavy (non-hydrogen) atoms. The van der Waals surface area contributed by atoms with Crippen molar-refractivity contribution in [2.75, 3.05) is 13.1 Å². The summed E-state index contributed by atoms with van der Waals surface area (Å²) in [6.45, 7) is 0.249. The summed E-state index contributed by atoms with van der Waals surface area (Å²) >= 11 is 0.800. The zero-order valence-corrected chi connectivity index (χ0v) is 10.2. The van der Waals surface area contributed by atoms with E-state index in [1.54, 1.807) is 0 Å². The van der Waals surface area contributed by atoms with E-state index in [1.165, 1.54) is 12.1 Å². The number of rotatable bonds is 2. The molecule has 1 N–H and O–H groups in total. The van der Waals surface area contributed by atoms with Crippen LogP contribution in [0.3, 0.4) is 0 Å². The Bertz CT molecular complexity index is 563. The van der Waals surface area contributed by atoms with E-state index in [1.807, 2.05) is 0 Å². The first kappa shape index (κ1) is 13.5. The first-order chi connectivity index (χ1) is 8.88. The Kier molecular flexibility index (Phi) is 3.56. The van der Waals surface area contributed by atoms with Crippen molar-refractivity contribution in [3.63, 3.8) is 0 Å². The molecule has 0 radical (unpaired) electrons. The highest BCUT2D eigenvalue weighted by atomic mass is 32.1. The van der Waals surface area contributed by atoms with Gasteiger partial charge in [0, 0.05) is 12.6 Å². The zero-order valence-electron chi connectivity index (χ0n) is 9.40. The van der Waals surface area contributed by atoms with Crippen LogP contribution in [0.2, 0.25) is 0 Å². The Morgan fingerprint density at radius 3 is 2.74 bits per heavy atom. The topological polar surface area (TPSA) is 67.5 Å². The Balaban J connectivity index is 2.35. The molecule has 5 nitrogen and oxygen atoms in total. The van der Waals surface area contributed by atoms with Crippen molar-refractivity contribution in [3.8, 4) is 0 Å². The number of nitrogens with zero attached hydrogens (tertiary/aromatic N) is 2. The van der Waals surface area contributed by atoms with Crippen LogP contribution in [-0.2, 0) is 0 Å². The Labute approximate surface area is 109 Å². The molecule has 0 saturated heterocycles. The lowest BCUT2D eigenvalue weighted by Crippen LogP contribution is -2.27. The SMILES string of the molecule is O=[N+]([O-])c1ccc(C2=NCCNC(C(F)(F)F)=C2)s1. The predicted molar refractivity (Wildman–Crippen MR) is 64.5 cm³/mol. The van der Waals surface area contributed by atoms with Crippen LogP contribution in [0.5, 0.6) is 0 Å². The molecule has 1 aromatic rings. The van der Waals surface area contributed by atoms with Crippen LogP contribution < -0.4 is 5.32 Å². The number of allylic oxidation sites excluding steroid dienone is 2. The maximum absolute atomic E-state index is 12.7. The van der Waals surface area contributed by atoms with Gasteiger partial charge in [-0.2, -0.15) is 13.2 Å². The van der Waals surface area contributed by atoms with E-state index in [2.05, 4.69) is 10.3 Å². The smallest absolute Gasteiger partial charge is 0.379 e. The molecule has 2 rings (SSSR count). The lowest BCUT2D eigenvalue weighted by atomic mass is 10.2. The van der Waals surface area contributed by atoms with Crippen molar-refractivity contribution in [1.82, 2.24) is 5.32 Å². The number of hydrogen-bond donors (Lipinski definition) is 1. The van der Waals surface area contributed by atoms with Crippen molar-refractivity contribution in [3.05, 3.63) is 38.9 Å². The molecule has 0 aromatic carbocycles. The van der Waals surface area contributed by atoms with E-state index >= 15 is 0 Å². The Morgan fingerprint density at radius 2 is 2.16 bits per heavy atom. The number of nitro groups is 1. The Hall–Kier alpha value is -1.90. The van der Waals surface area contributed by atoms with E-state index in [-0.39, 0.29) is 23.8 Å². The average molecular weight is 291 g/mol. The van der Waals surface area contributed by atoms with Gasteiger partial charge in [-0.1, -0.05) is 11.3 Å². The first-order valence-electron chi connectivity index (χ1n) is 5.20. The summed E-state index contributed by atoms with van der Waals surface area (Å²) in [6, 6.07) is 2.65. The second kappa shape index (κ2) is 5.00. The minimum atomic E-state index is -4.49. The minimum absolute atomic E-state index is 0.0717. The molecule has 0 aliphatic carbocycles. The van der Waals surface area contributed by atoms with Gasteiger partial charge in [-0.25, -0.2) is 0 Å². The van der Waals surface area contributed by atoms with Crippen molar-refractivity contribution in [2.24, 2.45) is 4.99 Å². The van der Waals surface area contributed by atoms with Crippen molar-refractivity contribution >= 4 is 22.0 Å². The molecule has 1 aliphatic rings. The lowest BCUT2D eigenvalue weighted by molar-refractivity contribution is -0.380. The zero-order chi connectivity index (χ0) is 14.0. The van der Waals surface area contributed by atoms with E-state index in [9.17, 15) is 23.3 Å². The molecule has 102 valence electrons. The third-order valence-electron chi connectivity index (χ3n) is 2.32. The molecule has 9 heteroatoms. The number of thiophene rings is 1. The van der Waals surface area contributed by atoms with Crippen molar-refractivity contribution in [2.45, 2.75) is 6.18 Å². The number of hydrogen-bond acceptors (Lipinski definition) is 5. The number of nitrogens with one attached hydrogen (secondary N) is 1. The molecular weight excluding hydrogens is 283 g/mol. The van der Waals surface area contributed by atoms with Crippen molar-refractivity contribution in [1.29, 1.82) is 0 Å². The van der Waals surface area contributed by atoms with Crippen LogP contribution in [-0.4, -0.2) is 29.9 Å². The number of aliphatic imine (C=N–C) groups is 1. The fraction of sp³-hybridized carbons (Fsp3) is 0.300. The van der Waals surface area contributed by atoms with E-state index in [0.29, 0.717) is 4.88 Å². The van der Waals surface area contributed by atoms with E-state index < -0.39 is 16.8 Å². The molecule has 0 spiro atoms. The molecule has 0 unspecified atom stereocenters. The summed E-state index contributed by atoms with van der Waals surface area (Å²) in [6.07, 6.45) is -3.61. The summed E-state index contributed by atoms with van der Waals surface area (Å²) in [5.74, 6) is 0. The standard InChI is InChI=1S/C10H8F3N3O2S/c11-10(12,13)8-5-6(14-3-4-15-8)7-1-2-9(19-7)16(17)18/h1-2,5,15H,3-4H2. The molecule has 0 atom stereocenters. The molecule has 0 bridgehead atoms. The lowest BCUT2D eigenvalue weighted by Gasteiger charge is -2.11. The summed E-state index contributed by atoms with van der Waals surface area (Å²) in [5.41, 5.74) is -0.782. The van der Waals surface area contributed by atoms with Gasteiger partial charge in [-0.05, 0) is 12.1 Å². The minimum Gasteiger partial charge on any atom is -0.379 e. The molecule has 1 aromatic heterocycles. The van der Waals surface area contributed by atoms with Gasteiger partial charge in [0.25, 0.3) is 0 Å². The van der Waals surface area contributed by atoms with E-state index in [0.717, 1.165) is 17.4 Å². The highest BCUT2D eigenvalue weighted by molar-refractivity contribution is 7.17. The van der Waals surface area contributed by atoms with Gasteiger partial charge in [0.2, 0.25) is 0 Å². The van der Waals surface area contributed by atoms with Crippen LogP contribution in [0.4, 0.5) is 18.2 Å². The van der Waals surface area contributed by atoms with Gasteiger partial charge in [0.1, 0.15) is 5.70 Å². The third-order valence-corrected chi connectivity index (χ3v) is 3.38. The van der Waals surface area contributed by atoms with Crippen LogP contribution in [0, 0.1) is 10.1 Å². The summed E-state index contributed by atoms with van der Waals surface area (Å²) in [7, 11) is 0. The van der Waals surface area contributed by atoms with E-state index in [4.69, 9.17) is 0 Å². The fourth-order valence-electron chi connectivity index (χ4n) is 1.49. The quantitative estimate of drug-likeness (QED) is 0.672. The van der Waals surface area contributed by atoms with Crippen LogP contribution >= 0.6 is 11.3 Å². The van der Waals surface area contributed by atoms with Gasteiger partial charge in [0.05, 0.1) is 22.1 Å². The predicted octanol–water partition coefficient (Wildman–Crippen LogP) is 2.49. The average Bonchev–Trinajstić information content (AvgIpc) is 2.66. The third kappa shape index (κ3) is 3.11. The maximum atomic E-state index is 12.7. The van der Waals surface area contributed by atoms with Crippen LogP contribution in [0.1, 0.15) is 4.88 Å². The molecule has 2 heterocycles. The molecular formula is C10H8F3N3O2S. The highest BCUT2D eigenvalue weighted by Gasteiger charge is 2.34. The summed E-state index contributed by atoms with van der Waals surface area (Å²) < 4.78 is 38.0. The summed E-state index contributed by atoms with van der Waals surface area (Å²) in [5, 5.41) is 12.7. The molecule has 1 aliphatic heterocycles. The van der Waals surface area contributed by atoms with Crippen LogP contribution in [0.15, 0.2) is 28.9 Å². The first-order valence-corrected chi connectivity index (χ1v) is 6.01. The van der Waals surface area contributed by atoms with Gasteiger partial charge in [-0.3, -0.25) is 15.1 Å². The van der Waals surface area contributed by atoms with Crippen LogP contribution in [0.25, 0.3) is 0 Å². The summed E-state index contributed by atoms with van der Waals surface area (Å²) in [4.78, 5) is 14.3. The normalized spacial score (nSPS) is 16.2. The molecule has 0 saturated carbocycles. The maximum Gasteiger partial charge on any atom is 0.430 e. The number of halogens is 3. The van der Waals surface area contributed by atoms with Gasteiger partial charge in [-0.15, -0.1) is 0 Å². The van der Waals surface area contributed by atoms with Gasteiger partial charge < -0.3 is 5.32 Å². The highest BCUT2D eigenvalue weighted by Crippen LogP contribution is 2.28. The number of alkyl halides is 3. The molecule has 0 fully saturated rings. The second-order valence-corrected chi connectivity index (χ2v) is 4.71. The molecule has 0 amide bonds. The van der Waals surface area contributed by atoms with Gasteiger partial charge in [0.15, 0.2) is 0 Å². The van der Waals surface area contributed by atoms with Gasteiger partial charge >= 0.3 is 11.2 Å². The largest absolute Gasteiger partial charge is 0.430 e. The monoisotopic (exact) mass is 291 g/mol. The Morgan fingerprint density at radius 1 is 1.42 bits per heavy atom.